The Labute approximate surface area is 121 Å². The van der Waals surface area contributed by atoms with Crippen molar-refractivity contribution in [2.24, 2.45) is 17.2 Å². The molecule has 3 nitrogen and oxygen atoms in total. The zero-order chi connectivity index (χ0) is 14.8. The largest absolute Gasteiger partial charge is 0.271 e. The molecule has 1 aromatic heterocycles. The highest BCUT2D eigenvalue weighted by Gasteiger charge is 2.24. The second-order valence-corrected chi connectivity index (χ2v) is 6.68. The van der Waals surface area contributed by atoms with Gasteiger partial charge in [-0.15, -0.1) is 0 Å². The second-order valence-electron chi connectivity index (χ2n) is 6.68. The van der Waals surface area contributed by atoms with Crippen molar-refractivity contribution in [2.75, 3.05) is 0 Å². The SMILES string of the molecule is CC(CC(NN)c1ccc2ncccc2c1)C(C)(C)C. The van der Waals surface area contributed by atoms with Gasteiger partial charge in [0.05, 0.1) is 5.52 Å². The molecule has 0 fully saturated rings. The first-order chi connectivity index (χ1) is 9.41. The lowest BCUT2D eigenvalue weighted by molar-refractivity contribution is 0.223. The number of nitrogens with two attached hydrogens (primary N) is 1. The molecule has 3 N–H and O–H groups in total. The van der Waals surface area contributed by atoms with Crippen LogP contribution in [0.15, 0.2) is 36.5 Å². The Bertz CT molecular complexity index is 572. The third-order valence-corrected chi connectivity index (χ3v) is 4.30. The summed E-state index contributed by atoms with van der Waals surface area (Å²) < 4.78 is 0. The molecular formula is C17H25N3. The topological polar surface area (TPSA) is 50.9 Å². The van der Waals surface area contributed by atoms with Crippen LogP contribution < -0.4 is 11.3 Å². The quantitative estimate of drug-likeness (QED) is 0.656. The van der Waals surface area contributed by atoms with Crippen LogP contribution in [0.5, 0.6) is 0 Å². The summed E-state index contributed by atoms with van der Waals surface area (Å²) in [5, 5.41) is 1.16. The normalized spacial score (nSPS) is 15.2. The molecule has 0 aliphatic heterocycles. The summed E-state index contributed by atoms with van der Waals surface area (Å²) in [7, 11) is 0. The fraction of sp³-hybridized carbons (Fsp3) is 0.471. The number of hydrogen-bond donors (Lipinski definition) is 2. The van der Waals surface area contributed by atoms with E-state index in [1.807, 2.05) is 12.3 Å². The molecule has 0 aliphatic carbocycles. The number of pyridine rings is 1. The maximum absolute atomic E-state index is 5.77. The highest BCUT2D eigenvalue weighted by molar-refractivity contribution is 5.79. The first-order valence-electron chi connectivity index (χ1n) is 7.22. The summed E-state index contributed by atoms with van der Waals surface area (Å²) in [5.74, 6) is 6.35. The Hall–Kier alpha value is -1.45. The van der Waals surface area contributed by atoms with Crippen molar-refractivity contribution in [3.63, 3.8) is 0 Å². The summed E-state index contributed by atoms with van der Waals surface area (Å²) in [6.45, 7) is 9.10. The molecule has 3 heteroatoms. The zero-order valence-electron chi connectivity index (χ0n) is 12.9. The van der Waals surface area contributed by atoms with Crippen molar-refractivity contribution in [2.45, 2.75) is 40.2 Å². The van der Waals surface area contributed by atoms with Crippen molar-refractivity contribution >= 4 is 10.9 Å². The molecule has 2 atom stereocenters. The van der Waals surface area contributed by atoms with Gasteiger partial charge in [-0.05, 0) is 41.5 Å². The summed E-state index contributed by atoms with van der Waals surface area (Å²) in [6.07, 6.45) is 2.84. The molecule has 2 rings (SSSR count). The minimum atomic E-state index is 0.175. The number of nitrogens with zero attached hydrogens (tertiary/aromatic N) is 1. The molecule has 0 saturated heterocycles. The van der Waals surface area contributed by atoms with Gasteiger partial charge in [-0.3, -0.25) is 16.3 Å². The monoisotopic (exact) mass is 271 g/mol. The first-order valence-corrected chi connectivity index (χ1v) is 7.22. The highest BCUT2D eigenvalue weighted by Crippen LogP contribution is 2.33. The molecule has 2 unspecified atom stereocenters. The van der Waals surface area contributed by atoms with E-state index in [0.29, 0.717) is 5.92 Å². The van der Waals surface area contributed by atoms with E-state index in [1.54, 1.807) is 0 Å². The fourth-order valence-electron chi connectivity index (χ4n) is 2.32. The Balaban J connectivity index is 2.25. The second kappa shape index (κ2) is 5.90. The van der Waals surface area contributed by atoms with E-state index in [0.717, 1.165) is 17.3 Å². The molecular weight excluding hydrogens is 246 g/mol. The van der Waals surface area contributed by atoms with Gasteiger partial charge < -0.3 is 0 Å². The number of rotatable bonds is 4. The lowest BCUT2D eigenvalue weighted by atomic mass is 9.77. The third kappa shape index (κ3) is 3.35. The molecule has 2 aromatic rings. The fourth-order valence-corrected chi connectivity index (χ4v) is 2.32. The van der Waals surface area contributed by atoms with E-state index in [2.05, 4.69) is 62.4 Å². The number of aromatic nitrogens is 1. The van der Waals surface area contributed by atoms with Crippen LogP contribution in [-0.4, -0.2) is 4.98 Å². The van der Waals surface area contributed by atoms with Crippen LogP contribution in [0, 0.1) is 11.3 Å². The van der Waals surface area contributed by atoms with Crippen molar-refractivity contribution in [3.8, 4) is 0 Å². The van der Waals surface area contributed by atoms with E-state index >= 15 is 0 Å². The Morgan fingerprint density at radius 1 is 1.25 bits per heavy atom. The van der Waals surface area contributed by atoms with E-state index < -0.39 is 0 Å². The summed E-state index contributed by atoms with van der Waals surface area (Å²) in [5.41, 5.74) is 5.50. The Morgan fingerprint density at radius 3 is 2.65 bits per heavy atom. The predicted octanol–water partition coefficient (Wildman–Crippen LogP) is 3.81. The molecule has 1 aromatic carbocycles. The summed E-state index contributed by atoms with van der Waals surface area (Å²) >= 11 is 0. The van der Waals surface area contributed by atoms with Crippen molar-refractivity contribution in [1.29, 1.82) is 0 Å². The highest BCUT2D eigenvalue weighted by atomic mass is 15.2. The molecule has 108 valence electrons. The van der Waals surface area contributed by atoms with Crippen LogP contribution in [0.1, 0.15) is 45.7 Å². The van der Waals surface area contributed by atoms with Crippen LogP contribution in [0.25, 0.3) is 10.9 Å². The minimum absolute atomic E-state index is 0.175. The molecule has 0 bridgehead atoms. The molecule has 0 aliphatic rings. The zero-order valence-corrected chi connectivity index (χ0v) is 12.9. The van der Waals surface area contributed by atoms with Crippen LogP contribution in [-0.2, 0) is 0 Å². The van der Waals surface area contributed by atoms with Gasteiger partial charge in [0.25, 0.3) is 0 Å². The van der Waals surface area contributed by atoms with E-state index in [4.69, 9.17) is 5.84 Å². The van der Waals surface area contributed by atoms with Gasteiger partial charge in [0.1, 0.15) is 0 Å². The molecule has 0 saturated carbocycles. The van der Waals surface area contributed by atoms with Crippen molar-refractivity contribution < 1.29 is 0 Å². The van der Waals surface area contributed by atoms with Crippen molar-refractivity contribution in [3.05, 3.63) is 42.1 Å². The number of fused-ring (bicyclic) bond motifs is 1. The summed E-state index contributed by atoms with van der Waals surface area (Å²) in [6, 6.07) is 10.6. The van der Waals surface area contributed by atoms with Crippen LogP contribution in [0.4, 0.5) is 0 Å². The average molecular weight is 271 g/mol. The maximum atomic E-state index is 5.77. The van der Waals surface area contributed by atoms with Gasteiger partial charge in [-0.25, -0.2) is 0 Å². The van der Waals surface area contributed by atoms with Crippen LogP contribution in [0.3, 0.4) is 0 Å². The van der Waals surface area contributed by atoms with Gasteiger partial charge in [0.15, 0.2) is 0 Å². The number of benzene rings is 1. The average Bonchev–Trinajstić information content (AvgIpc) is 2.43. The van der Waals surface area contributed by atoms with Gasteiger partial charge in [-0.2, -0.15) is 0 Å². The van der Waals surface area contributed by atoms with Crippen LogP contribution in [0.2, 0.25) is 0 Å². The van der Waals surface area contributed by atoms with Crippen LogP contribution >= 0.6 is 0 Å². The molecule has 1 heterocycles. The van der Waals surface area contributed by atoms with Gasteiger partial charge in [0, 0.05) is 17.6 Å². The van der Waals surface area contributed by atoms with Gasteiger partial charge in [0.2, 0.25) is 0 Å². The first kappa shape index (κ1) is 14.9. The lowest BCUT2D eigenvalue weighted by Gasteiger charge is -2.30. The number of hydrogen-bond acceptors (Lipinski definition) is 3. The predicted molar refractivity (Wildman–Crippen MR) is 85.0 cm³/mol. The van der Waals surface area contributed by atoms with Gasteiger partial charge in [-0.1, -0.05) is 39.8 Å². The maximum Gasteiger partial charge on any atom is 0.0702 e. The van der Waals surface area contributed by atoms with E-state index in [9.17, 15) is 0 Å². The third-order valence-electron chi connectivity index (χ3n) is 4.30. The lowest BCUT2D eigenvalue weighted by Crippen LogP contribution is -2.31. The Kier molecular flexibility index (Phi) is 4.41. The smallest absolute Gasteiger partial charge is 0.0702 e. The molecule has 0 radical (unpaired) electrons. The van der Waals surface area contributed by atoms with E-state index in [1.165, 1.54) is 5.56 Å². The molecule has 0 amide bonds. The van der Waals surface area contributed by atoms with Crippen molar-refractivity contribution in [1.82, 2.24) is 10.4 Å². The molecule has 0 spiro atoms. The minimum Gasteiger partial charge on any atom is -0.271 e. The summed E-state index contributed by atoms with van der Waals surface area (Å²) in [4.78, 5) is 4.36. The van der Waals surface area contributed by atoms with Gasteiger partial charge >= 0.3 is 0 Å². The molecule has 20 heavy (non-hydrogen) atoms. The number of nitrogens with one attached hydrogen (secondary N) is 1. The standard InChI is InChI=1S/C17H25N3/c1-12(17(2,3)4)10-16(20-18)14-7-8-15-13(11-14)6-5-9-19-15/h5-9,11-12,16,20H,10,18H2,1-4H3. The number of hydrazine groups is 1. The Morgan fingerprint density at radius 2 is 2.00 bits per heavy atom. The van der Waals surface area contributed by atoms with E-state index in [-0.39, 0.29) is 11.5 Å².